The van der Waals surface area contributed by atoms with Crippen LogP contribution in [0.2, 0.25) is 10.0 Å². The van der Waals surface area contributed by atoms with Gasteiger partial charge in [0, 0.05) is 15.6 Å². The van der Waals surface area contributed by atoms with Crippen LogP contribution in [0.1, 0.15) is 29.7 Å². The third-order valence-corrected chi connectivity index (χ3v) is 7.60. The van der Waals surface area contributed by atoms with Crippen LogP contribution in [0.3, 0.4) is 0 Å². The summed E-state index contributed by atoms with van der Waals surface area (Å²) in [6.45, 7) is 1.92. The summed E-state index contributed by atoms with van der Waals surface area (Å²) in [5.74, 6) is 0.120. The Bertz CT molecular complexity index is 1730. The molecule has 3 aromatic carbocycles. The Morgan fingerprint density at radius 3 is 2.47 bits per heavy atom. The van der Waals surface area contributed by atoms with Crippen molar-refractivity contribution in [3.05, 3.63) is 125 Å². The summed E-state index contributed by atoms with van der Waals surface area (Å²) in [6.07, 6.45) is 1.71. The molecule has 1 aromatic heterocycles. The number of benzene rings is 3. The topological polar surface area (TPSA) is 69.9 Å². The first kappa shape index (κ1) is 26.0. The Morgan fingerprint density at radius 1 is 1.08 bits per heavy atom. The number of hydrogen-bond acceptors (Lipinski definition) is 6. The van der Waals surface area contributed by atoms with Crippen molar-refractivity contribution in [3.8, 4) is 5.75 Å². The van der Waals surface area contributed by atoms with Gasteiger partial charge in [-0.2, -0.15) is 0 Å². The van der Waals surface area contributed by atoms with Gasteiger partial charge in [0.2, 0.25) is 0 Å². The van der Waals surface area contributed by atoms with Gasteiger partial charge in [0.25, 0.3) is 5.56 Å². The van der Waals surface area contributed by atoms with Crippen LogP contribution in [-0.4, -0.2) is 24.3 Å². The van der Waals surface area contributed by atoms with Gasteiger partial charge in [0.05, 0.1) is 35.6 Å². The fourth-order valence-electron chi connectivity index (χ4n) is 4.30. The number of esters is 1. The highest BCUT2D eigenvalue weighted by Gasteiger charge is 2.35. The molecule has 0 bridgehead atoms. The van der Waals surface area contributed by atoms with Gasteiger partial charge in [0.15, 0.2) is 4.80 Å². The second-order valence-electron chi connectivity index (χ2n) is 8.37. The van der Waals surface area contributed by atoms with E-state index < -0.39 is 12.0 Å². The predicted molar refractivity (Wildman–Crippen MR) is 151 cm³/mol. The molecule has 2 heterocycles. The molecule has 0 saturated heterocycles. The number of carbonyl (C=O) groups excluding carboxylic acids is 1. The first-order valence-corrected chi connectivity index (χ1v) is 13.4. The lowest BCUT2D eigenvalue weighted by atomic mass is 9.93. The van der Waals surface area contributed by atoms with E-state index in [2.05, 4.69) is 0 Å². The molecular weight excluding hydrogens is 543 g/mol. The zero-order valence-electron chi connectivity index (χ0n) is 20.5. The van der Waals surface area contributed by atoms with E-state index in [1.807, 2.05) is 42.5 Å². The van der Waals surface area contributed by atoms with E-state index in [1.165, 1.54) is 11.3 Å². The number of nitrogens with zero attached hydrogens (tertiary/aromatic N) is 2. The second-order valence-corrected chi connectivity index (χ2v) is 10.2. The maximum Gasteiger partial charge on any atom is 0.338 e. The number of thiazole rings is 1. The molecule has 4 aromatic rings. The summed E-state index contributed by atoms with van der Waals surface area (Å²) < 4.78 is 12.8. The lowest BCUT2D eigenvalue weighted by Gasteiger charge is -2.26. The zero-order valence-corrected chi connectivity index (χ0v) is 22.8. The van der Waals surface area contributed by atoms with Gasteiger partial charge in [-0.05, 0) is 48.4 Å². The lowest BCUT2D eigenvalue weighted by Crippen LogP contribution is -2.40. The van der Waals surface area contributed by atoms with E-state index in [-0.39, 0.29) is 17.7 Å². The van der Waals surface area contributed by atoms with Crippen molar-refractivity contribution < 1.29 is 14.3 Å². The van der Waals surface area contributed by atoms with Gasteiger partial charge >= 0.3 is 5.97 Å². The SMILES string of the molecule is CCOC(=O)C1=C(c2ccccc2)N=c2s/c(=C\c3ccc(Cl)cc3Cl)c(=O)n2[C@@H]1c1ccc(OC)cc1. The van der Waals surface area contributed by atoms with Crippen molar-refractivity contribution in [2.24, 2.45) is 4.99 Å². The van der Waals surface area contributed by atoms with Gasteiger partial charge < -0.3 is 9.47 Å². The molecule has 6 nitrogen and oxygen atoms in total. The summed E-state index contributed by atoms with van der Waals surface area (Å²) in [7, 11) is 1.58. The first-order valence-electron chi connectivity index (χ1n) is 11.8. The monoisotopic (exact) mass is 564 g/mol. The number of halogens is 2. The molecule has 192 valence electrons. The van der Waals surface area contributed by atoms with E-state index in [0.29, 0.717) is 36.4 Å². The Balaban J connectivity index is 1.82. The average molecular weight is 565 g/mol. The molecule has 0 radical (unpaired) electrons. The minimum absolute atomic E-state index is 0.180. The molecule has 0 aliphatic carbocycles. The van der Waals surface area contributed by atoms with Crippen molar-refractivity contribution in [1.82, 2.24) is 4.57 Å². The summed E-state index contributed by atoms with van der Waals surface area (Å²) in [5.41, 5.74) is 2.56. The standard InChI is InChI=1S/C29H22Cl2N2O4S/c1-3-37-28(35)24-25(17-7-5-4-6-8-17)32-29-33(26(24)18-10-13-21(36-2)14-11-18)27(34)23(38-29)15-19-9-12-20(30)16-22(19)31/h4-16,26H,3H2,1-2H3/b23-15-/t26-/m1/s1. The van der Waals surface area contributed by atoms with Crippen LogP contribution in [0.4, 0.5) is 0 Å². The smallest absolute Gasteiger partial charge is 0.338 e. The third kappa shape index (κ3) is 4.92. The Hall–Kier alpha value is -3.65. The minimum atomic E-state index is -0.769. The van der Waals surface area contributed by atoms with Gasteiger partial charge in [-0.15, -0.1) is 0 Å². The third-order valence-electron chi connectivity index (χ3n) is 6.05. The number of fused-ring (bicyclic) bond motifs is 1. The fraction of sp³-hybridized carbons (Fsp3) is 0.138. The molecule has 0 N–H and O–H groups in total. The van der Waals surface area contributed by atoms with Crippen molar-refractivity contribution in [1.29, 1.82) is 0 Å². The van der Waals surface area contributed by atoms with E-state index in [4.69, 9.17) is 37.7 Å². The van der Waals surface area contributed by atoms with Crippen molar-refractivity contribution >= 4 is 52.3 Å². The fourth-order valence-corrected chi connectivity index (χ4v) is 5.76. The summed E-state index contributed by atoms with van der Waals surface area (Å²) in [6, 6.07) is 21.0. The maximum atomic E-state index is 13.9. The largest absolute Gasteiger partial charge is 0.497 e. The van der Waals surface area contributed by atoms with Crippen LogP contribution in [-0.2, 0) is 9.53 Å². The molecule has 1 aliphatic heterocycles. The Morgan fingerprint density at radius 2 is 1.82 bits per heavy atom. The molecule has 9 heteroatoms. The van der Waals surface area contributed by atoms with Gasteiger partial charge in [-0.25, -0.2) is 9.79 Å². The normalized spacial score (nSPS) is 15.2. The van der Waals surface area contributed by atoms with Crippen molar-refractivity contribution in [2.75, 3.05) is 13.7 Å². The quantitative estimate of drug-likeness (QED) is 0.300. The molecular formula is C29H22Cl2N2O4S. The highest BCUT2D eigenvalue weighted by molar-refractivity contribution is 7.07. The van der Waals surface area contributed by atoms with Gasteiger partial charge in [-0.3, -0.25) is 9.36 Å². The van der Waals surface area contributed by atoms with Crippen LogP contribution in [0, 0.1) is 0 Å². The van der Waals surface area contributed by atoms with Crippen LogP contribution in [0.25, 0.3) is 11.8 Å². The number of carbonyl (C=O) groups is 1. The van der Waals surface area contributed by atoms with Crippen LogP contribution >= 0.6 is 34.5 Å². The first-order chi connectivity index (χ1) is 18.4. The molecule has 0 unspecified atom stereocenters. The van der Waals surface area contributed by atoms with Crippen LogP contribution < -0.4 is 19.6 Å². The van der Waals surface area contributed by atoms with E-state index in [9.17, 15) is 9.59 Å². The number of aromatic nitrogens is 1. The number of hydrogen-bond donors (Lipinski definition) is 0. The van der Waals surface area contributed by atoms with E-state index >= 15 is 0 Å². The molecule has 0 saturated carbocycles. The summed E-state index contributed by atoms with van der Waals surface area (Å²) in [4.78, 5) is 32.6. The predicted octanol–water partition coefficient (Wildman–Crippen LogP) is 5.25. The lowest BCUT2D eigenvalue weighted by molar-refractivity contribution is -0.138. The summed E-state index contributed by atoms with van der Waals surface area (Å²) >= 11 is 13.7. The Kier molecular flexibility index (Phi) is 7.51. The Labute approximate surface area is 232 Å². The highest BCUT2D eigenvalue weighted by atomic mass is 35.5. The van der Waals surface area contributed by atoms with Gasteiger partial charge in [-0.1, -0.05) is 83.1 Å². The highest BCUT2D eigenvalue weighted by Crippen LogP contribution is 2.35. The van der Waals surface area contributed by atoms with Crippen molar-refractivity contribution in [2.45, 2.75) is 13.0 Å². The van der Waals surface area contributed by atoms with E-state index in [1.54, 1.807) is 55.0 Å². The second kappa shape index (κ2) is 11.0. The van der Waals surface area contributed by atoms with Gasteiger partial charge in [0.1, 0.15) is 5.75 Å². The van der Waals surface area contributed by atoms with Crippen molar-refractivity contribution in [3.63, 3.8) is 0 Å². The zero-order chi connectivity index (χ0) is 26.8. The molecule has 38 heavy (non-hydrogen) atoms. The van der Waals surface area contributed by atoms with Crippen LogP contribution in [0.5, 0.6) is 5.75 Å². The van der Waals surface area contributed by atoms with Crippen LogP contribution in [0.15, 0.2) is 88.2 Å². The molecule has 0 amide bonds. The minimum Gasteiger partial charge on any atom is -0.497 e. The molecule has 0 fully saturated rings. The summed E-state index contributed by atoms with van der Waals surface area (Å²) in [5, 5.41) is 0.923. The average Bonchev–Trinajstić information content (AvgIpc) is 3.24. The molecule has 0 spiro atoms. The molecule has 1 atom stereocenters. The number of rotatable bonds is 6. The molecule has 1 aliphatic rings. The molecule has 5 rings (SSSR count). The van der Waals surface area contributed by atoms with E-state index in [0.717, 1.165) is 11.1 Å². The number of ether oxygens (including phenoxy) is 2. The number of methoxy groups -OCH3 is 1. The maximum absolute atomic E-state index is 13.9.